The van der Waals surface area contributed by atoms with Crippen molar-refractivity contribution in [3.63, 3.8) is 0 Å². The first kappa shape index (κ1) is 23.9. The first-order valence-electron chi connectivity index (χ1n) is 11.2. The number of carbonyl (C=O) groups is 1. The second kappa shape index (κ2) is 11.8. The molecule has 0 atom stereocenters. The zero-order valence-electron chi connectivity index (χ0n) is 19.1. The smallest absolute Gasteiger partial charge is 0.305 e. The van der Waals surface area contributed by atoms with E-state index in [1.165, 1.54) is 0 Å². The van der Waals surface area contributed by atoms with Gasteiger partial charge in [-0.15, -0.1) is 0 Å². The van der Waals surface area contributed by atoms with Crippen molar-refractivity contribution in [2.24, 2.45) is 0 Å². The third-order valence-corrected chi connectivity index (χ3v) is 5.25. The fraction of sp³-hybridized carbons (Fsp3) is 0.250. The summed E-state index contributed by atoms with van der Waals surface area (Å²) in [5, 5.41) is 19.5. The number of phenolic OH excluding ortho intramolecular Hbond substituents is 2. The predicted octanol–water partition coefficient (Wildman–Crippen LogP) is 6.19. The van der Waals surface area contributed by atoms with Crippen LogP contribution in [0.4, 0.5) is 0 Å². The van der Waals surface area contributed by atoms with E-state index in [9.17, 15) is 15.0 Å². The van der Waals surface area contributed by atoms with Gasteiger partial charge < -0.3 is 19.7 Å². The standard InChI is InChI=1S/C28H30O5/c1-3-26(22-7-5-8-25(19-22)33-18-6-9-27(31)32-4-2)28(20-10-14-23(29)15-11-20)21-12-16-24(30)17-13-21/h5,7-8,10-17,19,29-30H,3-4,6,9,18H2,1-2H3. The maximum atomic E-state index is 11.5. The summed E-state index contributed by atoms with van der Waals surface area (Å²) >= 11 is 0. The molecule has 0 amide bonds. The van der Waals surface area contributed by atoms with Gasteiger partial charge in [-0.25, -0.2) is 0 Å². The summed E-state index contributed by atoms with van der Waals surface area (Å²) in [7, 11) is 0. The maximum Gasteiger partial charge on any atom is 0.305 e. The quantitative estimate of drug-likeness (QED) is 0.221. The van der Waals surface area contributed by atoms with Crippen LogP contribution in [0.15, 0.2) is 72.8 Å². The molecule has 0 bridgehead atoms. The molecule has 3 rings (SSSR count). The number of rotatable bonds is 10. The van der Waals surface area contributed by atoms with Crippen molar-refractivity contribution in [1.29, 1.82) is 0 Å². The molecule has 2 N–H and O–H groups in total. The lowest BCUT2D eigenvalue weighted by Gasteiger charge is -2.17. The normalized spacial score (nSPS) is 10.5. The monoisotopic (exact) mass is 446 g/mol. The Hall–Kier alpha value is -3.73. The molecular weight excluding hydrogens is 416 g/mol. The van der Waals surface area contributed by atoms with Gasteiger partial charge in [-0.05, 0) is 84.0 Å². The van der Waals surface area contributed by atoms with Crippen LogP contribution in [0.2, 0.25) is 0 Å². The topological polar surface area (TPSA) is 76.0 Å². The Morgan fingerprint density at radius 3 is 1.97 bits per heavy atom. The molecule has 0 aliphatic heterocycles. The van der Waals surface area contributed by atoms with Crippen molar-refractivity contribution in [2.45, 2.75) is 33.1 Å². The van der Waals surface area contributed by atoms with Gasteiger partial charge in [0.25, 0.3) is 0 Å². The van der Waals surface area contributed by atoms with Crippen LogP contribution in [0, 0.1) is 0 Å². The summed E-state index contributed by atoms with van der Waals surface area (Å²) in [6, 6.07) is 22.2. The van der Waals surface area contributed by atoms with E-state index in [1.807, 2.05) is 48.5 Å². The van der Waals surface area contributed by atoms with Crippen LogP contribution < -0.4 is 4.74 Å². The van der Waals surface area contributed by atoms with Crippen molar-refractivity contribution in [3.8, 4) is 17.2 Å². The highest BCUT2D eigenvalue weighted by Gasteiger charge is 2.14. The third-order valence-electron chi connectivity index (χ3n) is 5.25. The van der Waals surface area contributed by atoms with Crippen LogP contribution in [0.25, 0.3) is 11.1 Å². The summed E-state index contributed by atoms with van der Waals surface area (Å²) in [6.45, 7) is 4.71. The van der Waals surface area contributed by atoms with Gasteiger partial charge in [0, 0.05) is 6.42 Å². The van der Waals surface area contributed by atoms with Crippen molar-refractivity contribution >= 4 is 17.1 Å². The molecule has 0 saturated heterocycles. The minimum absolute atomic E-state index is 0.208. The summed E-state index contributed by atoms with van der Waals surface area (Å²) in [4.78, 5) is 11.5. The molecule has 3 aromatic carbocycles. The van der Waals surface area contributed by atoms with Crippen LogP contribution in [0.3, 0.4) is 0 Å². The molecule has 0 aliphatic carbocycles. The maximum absolute atomic E-state index is 11.5. The van der Waals surface area contributed by atoms with Crippen LogP contribution in [-0.2, 0) is 9.53 Å². The molecule has 0 aromatic heterocycles. The van der Waals surface area contributed by atoms with E-state index >= 15 is 0 Å². The van der Waals surface area contributed by atoms with Gasteiger partial charge in [0.2, 0.25) is 0 Å². The minimum atomic E-state index is -0.210. The van der Waals surface area contributed by atoms with Crippen molar-refractivity contribution < 1.29 is 24.5 Å². The Bertz CT molecular complexity index is 1030. The number of hydrogen-bond donors (Lipinski definition) is 2. The number of carbonyl (C=O) groups excluding carboxylic acids is 1. The van der Waals surface area contributed by atoms with Crippen molar-refractivity contribution in [1.82, 2.24) is 0 Å². The van der Waals surface area contributed by atoms with Crippen molar-refractivity contribution in [3.05, 3.63) is 89.5 Å². The fourth-order valence-corrected chi connectivity index (χ4v) is 3.71. The highest BCUT2D eigenvalue weighted by Crippen LogP contribution is 2.36. The molecule has 0 heterocycles. The lowest BCUT2D eigenvalue weighted by Crippen LogP contribution is -2.06. The fourth-order valence-electron chi connectivity index (χ4n) is 3.71. The van der Waals surface area contributed by atoms with Crippen molar-refractivity contribution in [2.75, 3.05) is 13.2 Å². The van der Waals surface area contributed by atoms with Gasteiger partial charge in [-0.3, -0.25) is 4.79 Å². The van der Waals surface area contributed by atoms with Crippen LogP contribution in [0.1, 0.15) is 49.8 Å². The predicted molar refractivity (Wildman–Crippen MR) is 130 cm³/mol. The molecule has 172 valence electrons. The van der Waals surface area contributed by atoms with Gasteiger partial charge in [-0.2, -0.15) is 0 Å². The molecule has 0 saturated carbocycles. The zero-order chi connectivity index (χ0) is 23.6. The molecule has 0 spiro atoms. The molecule has 33 heavy (non-hydrogen) atoms. The molecule has 3 aromatic rings. The van der Waals surface area contributed by atoms with E-state index in [4.69, 9.17) is 9.47 Å². The molecule has 5 nitrogen and oxygen atoms in total. The molecule has 0 fully saturated rings. The lowest BCUT2D eigenvalue weighted by molar-refractivity contribution is -0.143. The van der Waals surface area contributed by atoms with Crippen LogP contribution >= 0.6 is 0 Å². The Morgan fingerprint density at radius 1 is 0.818 bits per heavy atom. The van der Waals surface area contributed by atoms with E-state index in [0.717, 1.165) is 40.0 Å². The van der Waals surface area contributed by atoms with Gasteiger partial charge in [0.1, 0.15) is 17.2 Å². The number of ether oxygens (including phenoxy) is 2. The number of esters is 1. The summed E-state index contributed by atoms with van der Waals surface area (Å²) in [6.07, 6.45) is 1.69. The van der Waals surface area contributed by atoms with Gasteiger partial charge in [-0.1, -0.05) is 43.3 Å². The number of hydrogen-bond acceptors (Lipinski definition) is 5. The van der Waals surface area contributed by atoms with Crippen LogP contribution in [-0.4, -0.2) is 29.4 Å². The molecule has 0 aliphatic rings. The Labute approximate surface area is 194 Å². The number of phenols is 2. The summed E-state index contributed by atoms with van der Waals surface area (Å²) in [5.74, 6) is 0.941. The average molecular weight is 447 g/mol. The van der Waals surface area contributed by atoms with E-state index in [-0.39, 0.29) is 17.5 Å². The SMILES string of the molecule is CCOC(=O)CCCOc1cccc(C(CC)=C(c2ccc(O)cc2)c2ccc(O)cc2)c1. The highest BCUT2D eigenvalue weighted by molar-refractivity contribution is 5.98. The molecular formula is C28H30O5. The number of allylic oxidation sites excluding steroid dienone is 1. The Kier molecular flexibility index (Phi) is 8.53. The first-order valence-corrected chi connectivity index (χ1v) is 11.2. The minimum Gasteiger partial charge on any atom is -0.508 e. The van der Waals surface area contributed by atoms with E-state index < -0.39 is 0 Å². The lowest BCUT2D eigenvalue weighted by atomic mass is 9.88. The highest BCUT2D eigenvalue weighted by atomic mass is 16.5. The van der Waals surface area contributed by atoms with E-state index in [1.54, 1.807) is 31.2 Å². The van der Waals surface area contributed by atoms with Crippen LogP contribution in [0.5, 0.6) is 17.2 Å². The summed E-state index contributed by atoms with van der Waals surface area (Å²) < 4.78 is 10.8. The zero-order valence-corrected chi connectivity index (χ0v) is 19.1. The van der Waals surface area contributed by atoms with E-state index in [2.05, 4.69) is 6.92 Å². The molecule has 0 unspecified atom stereocenters. The second-order valence-corrected chi connectivity index (χ2v) is 7.59. The van der Waals surface area contributed by atoms with Gasteiger partial charge >= 0.3 is 5.97 Å². The third kappa shape index (κ3) is 6.62. The molecule has 5 heteroatoms. The second-order valence-electron chi connectivity index (χ2n) is 7.59. The summed E-state index contributed by atoms with van der Waals surface area (Å²) in [5.41, 5.74) is 5.10. The Morgan fingerprint density at radius 2 is 1.42 bits per heavy atom. The number of aromatic hydroxyl groups is 2. The van der Waals surface area contributed by atoms with E-state index in [0.29, 0.717) is 26.1 Å². The molecule has 0 radical (unpaired) electrons. The van der Waals surface area contributed by atoms with Gasteiger partial charge in [0.05, 0.1) is 13.2 Å². The van der Waals surface area contributed by atoms with Gasteiger partial charge in [0.15, 0.2) is 0 Å². The first-order chi connectivity index (χ1) is 16.0. The number of benzene rings is 3. The largest absolute Gasteiger partial charge is 0.508 e. The average Bonchev–Trinajstić information content (AvgIpc) is 2.82. The Balaban J connectivity index is 1.93.